The van der Waals surface area contributed by atoms with Crippen LogP contribution < -0.4 is 4.74 Å². The summed E-state index contributed by atoms with van der Waals surface area (Å²) >= 11 is -0.750. The second-order valence-electron chi connectivity index (χ2n) is 10.8. The van der Waals surface area contributed by atoms with E-state index in [1.807, 2.05) is 0 Å². The topological polar surface area (TPSA) is 107 Å². The van der Waals surface area contributed by atoms with Crippen LogP contribution in [0.3, 0.4) is 0 Å². The van der Waals surface area contributed by atoms with Crippen molar-refractivity contribution in [2.75, 3.05) is 0 Å². The largest absolute Gasteiger partial charge is 0.573 e. The summed E-state index contributed by atoms with van der Waals surface area (Å²) < 4.78 is 122. The molecule has 1 fully saturated rings. The van der Waals surface area contributed by atoms with Crippen LogP contribution in [-0.2, 0) is 24.4 Å². The van der Waals surface area contributed by atoms with Crippen molar-refractivity contribution in [3.63, 3.8) is 0 Å². The van der Waals surface area contributed by atoms with E-state index in [2.05, 4.69) is 14.8 Å². The SMILES string of the molecule is Cc1nc(-c2ccc(OC(F)(F)F)cc2)c(-c2cc(-c3cc(C)c(CO)c(F)c3)ccc2-n2nc(C(F)(F)F)cc2C2CC2)o1.O=S=O. The first-order valence-corrected chi connectivity index (χ1v) is 14.8. The van der Waals surface area contributed by atoms with Gasteiger partial charge in [0.25, 0.3) is 0 Å². The number of aryl methyl sites for hydroxylation is 2. The third-order valence-corrected chi connectivity index (χ3v) is 7.50. The molecule has 2 aromatic heterocycles. The number of aliphatic hydroxyl groups excluding tert-OH is 1. The van der Waals surface area contributed by atoms with E-state index < -0.39 is 48.0 Å². The van der Waals surface area contributed by atoms with E-state index in [1.165, 1.54) is 22.9 Å². The van der Waals surface area contributed by atoms with E-state index in [0.717, 1.165) is 18.2 Å². The van der Waals surface area contributed by atoms with Crippen molar-refractivity contribution >= 4 is 11.6 Å². The fourth-order valence-electron chi connectivity index (χ4n) is 5.24. The summed E-state index contributed by atoms with van der Waals surface area (Å²) in [5.41, 5.74) is 1.88. The molecule has 3 aromatic carbocycles. The lowest BCUT2D eigenvalue weighted by Gasteiger charge is -2.15. The number of hydrogen-bond acceptors (Lipinski definition) is 7. The summed E-state index contributed by atoms with van der Waals surface area (Å²) in [5.74, 6) is -0.928. The predicted molar refractivity (Wildman–Crippen MR) is 158 cm³/mol. The van der Waals surface area contributed by atoms with Crippen molar-refractivity contribution in [1.29, 1.82) is 0 Å². The highest BCUT2D eigenvalue weighted by molar-refractivity contribution is 7.51. The molecule has 0 unspecified atom stereocenters. The van der Waals surface area contributed by atoms with Crippen LogP contribution in [0.2, 0.25) is 0 Å². The van der Waals surface area contributed by atoms with Crippen molar-refractivity contribution < 1.29 is 53.4 Å². The van der Waals surface area contributed by atoms with Gasteiger partial charge < -0.3 is 14.3 Å². The minimum atomic E-state index is -4.89. The summed E-state index contributed by atoms with van der Waals surface area (Å²) in [5, 5.41) is 13.5. The lowest BCUT2D eigenvalue weighted by molar-refractivity contribution is -0.274. The normalized spacial score (nSPS) is 13.2. The van der Waals surface area contributed by atoms with Crippen LogP contribution in [0.5, 0.6) is 5.75 Å². The molecule has 0 atom stereocenters. The Bertz CT molecular complexity index is 1970. The predicted octanol–water partition coefficient (Wildman–Crippen LogP) is 8.23. The lowest BCUT2D eigenvalue weighted by atomic mass is 9.95. The van der Waals surface area contributed by atoms with Crippen LogP contribution >= 0.6 is 0 Å². The van der Waals surface area contributed by atoms with Crippen LogP contribution in [0.4, 0.5) is 30.7 Å². The van der Waals surface area contributed by atoms with Gasteiger partial charge in [-0.3, -0.25) is 0 Å². The molecule has 5 aromatic rings. The summed E-state index contributed by atoms with van der Waals surface area (Å²) in [6.07, 6.45) is -8.22. The van der Waals surface area contributed by atoms with Crippen molar-refractivity contribution in [3.8, 4) is 45.1 Å². The van der Waals surface area contributed by atoms with Crippen molar-refractivity contribution in [1.82, 2.24) is 14.8 Å². The van der Waals surface area contributed by atoms with Gasteiger partial charge in [-0.25, -0.2) is 14.1 Å². The molecule has 1 N–H and O–H groups in total. The molecule has 0 aliphatic heterocycles. The zero-order valence-electron chi connectivity index (χ0n) is 24.9. The molecule has 252 valence electrons. The molecule has 0 spiro atoms. The zero-order valence-corrected chi connectivity index (χ0v) is 25.8. The maximum atomic E-state index is 14.9. The van der Waals surface area contributed by atoms with Gasteiger partial charge in [0.15, 0.2) is 17.3 Å². The molecule has 0 saturated heterocycles. The van der Waals surface area contributed by atoms with E-state index >= 15 is 0 Å². The number of ether oxygens (including phenoxy) is 1. The van der Waals surface area contributed by atoms with E-state index in [-0.39, 0.29) is 40.1 Å². The van der Waals surface area contributed by atoms with Gasteiger partial charge >= 0.3 is 24.1 Å². The number of aromatic nitrogens is 3. The molecule has 2 heterocycles. The molecule has 16 heteroatoms. The van der Waals surface area contributed by atoms with Crippen LogP contribution in [0, 0.1) is 19.7 Å². The molecule has 6 rings (SSSR count). The lowest BCUT2D eigenvalue weighted by Crippen LogP contribution is -2.16. The molecule has 48 heavy (non-hydrogen) atoms. The fraction of sp³-hybridized carbons (Fsp3) is 0.250. The molecule has 1 aliphatic carbocycles. The average molecular weight is 696 g/mol. The molecule has 8 nitrogen and oxygen atoms in total. The molecular formula is C32H24F7N3O5S. The highest BCUT2D eigenvalue weighted by Crippen LogP contribution is 2.45. The molecule has 0 radical (unpaired) electrons. The Labute approximate surface area is 271 Å². The minimum absolute atomic E-state index is 0.115. The fourth-order valence-corrected chi connectivity index (χ4v) is 5.24. The van der Waals surface area contributed by atoms with E-state index in [0.29, 0.717) is 40.8 Å². The third kappa shape index (κ3) is 7.49. The number of aliphatic hydroxyl groups is 1. The second-order valence-corrected chi connectivity index (χ2v) is 11.0. The zero-order chi connectivity index (χ0) is 35.0. The van der Waals surface area contributed by atoms with Gasteiger partial charge in [0.1, 0.15) is 17.3 Å². The van der Waals surface area contributed by atoms with E-state index in [1.54, 1.807) is 38.1 Å². The van der Waals surface area contributed by atoms with Gasteiger partial charge in [-0.2, -0.15) is 26.7 Å². The van der Waals surface area contributed by atoms with Gasteiger partial charge in [0.05, 0.1) is 12.3 Å². The summed E-state index contributed by atoms with van der Waals surface area (Å²) in [7, 11) is 0. The maximum Gasteiger partial charge on any atom is 0.573 e. The molecule has 1 saturated carbocycles. The highest BCUT2D eigenvalue weighted by Gasteiger charge is 2.39. The number of nitrogens with zero attached hydrogens (tertiary/aromatic N) is 3. The van der Waals surface area contributed by atoms with Gasteiger partial charge in [-0.05, 0) is 85.0 Å². The maximum absolute atomic E-state index is 14.9. The first-order chi connectivity index (χ1) is 22.6. The number of halogens is 7. The van der Waals surface area contributed by atoms with Gasteiger partial charge in [-0.15, -0.1) is 13.2 Å². The first kappa shape index (κ1) is 34.5. The Morgan fingerprint density at radius 3 is 2.15 bits per heavy atom. The summed E-state index contributed by atoms with van der Waals surface area (Å²) in [6.45, 7) is 2.69. The Morgan fingerprint density at radius 1 is 0.938 bits per heavy atom. The molecule has 1 aliphatic rings. The Morgan fingerprint density at radius 2 is 1.58 bits per heavy atom. The Kier molecular flexibility index (Phi) is 9.60. The van der Waals surface area contributed by atoms with Crippen molar-refractivity contribution in [3.05, 3.63) is 94.9 Å². The minimum Gasteiger partial charge on any atom is -0.440 e. The highest BCUT2D eigenvalue weighted by atomic mass is 32.1. The summed E-state index contributed by atoms with van der Waals surface area (Å²) in [4.78, 5) is 4.44. The summed E-state index contributed by atoms with van der Waals surface area (Å²) in [6, 6.07) is 13.6. The van der Waals surface area contributed by atoms with Crippen LogP contribution in [0.1, 0.15) is 47.2 Å². The molecule has 0 amide bonds. The van der Waals surface area contributed by atoms with E-state index in [4.69, 9.17) is 12.8 Å². The third-order valence-electron chi connectivity index (χ3n) is 7.50. The smallest absolute Gasteiger partial charge is 0.440 e. The van der Waals surface area contributed by atoms with E-state index in [9.17, 15) is 35.8 Å². The van der Waals surface area contributed by atoms with Crippen molar-refractivity contribution in [2.24, 2.45) is 0 Å². The quantitative estimate of drug-likeness (QED) is 0.171. The van der Waals surface area contributed by atoms with Crippen LogP contribution in [0.15, 0.2) is 65.1 Å². The number of alkyl halides is 6. The number of hydrogen-bond donors (Lipinski definition) is 1. The Hall–Kier alpha value is -4.83. The number of benzene rings is 3. The first-order valence-electron chi connectivity index (χ1n) is 14.1. The monoisotopic (exact) mass is 695 g/mol. The van der Waals surface area contributed by atoms with Gasteiger partial charge in [0.2, 0.25) is 0 Å². The molecule has 0 bridgehead atoms. The van der Waals surface area contributed by atoms with Gasteiger partial charge in [-0.1, -0.05) is 12.1 Å². The van der Waals surface area contributed by atoms with Crippen LogP contribution in [-0.4, -0.2) is 34.7 Å². The number of rotatable bonds is 7. The average Bonchev–Trinajstić information content (AvgIpc) is 3.62. The molecular weight excluding hydrogens is 671 g/mol. The second kappa shape index (κ2) is 13.4. The standard InChI is InChI=1S/C32H24F7N3O3.O2S/c1-16-11-21(13-25(33)24(16)15-43)20-7-10-26(42-27(18-3-4-18)14-28(41-42)31(34,35)36)23(12-20)30-29(40-17(2)44-30)19-5-8-22(9-6-19)45-32(37,38)39;1-3-2/h5-14,18,43H,3-4,15H2,1-2H3;. The van der Waals surface area contributed by atoms with Crippen LogP contribution in [0.25, 0.3) is 39.4 Å². The van der Waals surface area contributed by atoms with Crippen molar-refractivity contribution in [2.45, 2.75) is 51.8 Å². The Balaban J connectivity index is 0.00000145. The van der Waals surface area contributed by atoms with Gasteiger partial charge in [0, 0.05) is 35.2 Å². The number of oxazole rings is 1.